The highest BCUT2D eigenvalue weighted by Crippen LogP contribution is 2.37. The maximum atomic E-state index is 12.9. The van der Waals surface area contributed by atoms with Gasteiger partial charge in [0.1, 0.15) is 165 Å². The van der Waals surface area contributed by atoms with Crippen LogP contribution in [0.25, 0.3) is 0 Å². The number of aliphatic hydroxyl groups excluding tert-OH is 18. The van der Waals surface area contributed by atoms with Crippen molar-refractivity contribution in [3.8, 4) is 0 Å². The Morgan fingerprint density at radius 2 is 0.697 bits per heavy atom. The molecule has 35 atom stereocenters. The summed E-state index contributed by atoms with van der Waals surface area (Å²) in [6.07, 6.45) is -59.0. The van der Waals surface area contributed by atoms with Crippen molar-refractivity contribution in [1.82, 2.24) is 21.3 Å². The number of rotatable bonds is 22. The van der Waals surface area contributed by atoms with Crippen LogP contribution in [0.1, 0.15) is 34.6 Å². The molecule has 0 aromatic heterocycles. The number of carbonyl (C=O) groups excluding carboxylic acids is 4. The summed E-state index contributed by atoms with van der Waals surface area (Å²) in [5.41, 5.74) is 0. The van der Waals surface area contributed by atoms with E-state index >= 15 is 0 Å². The van der Waals surface area contributed by atoms with E-state index in [1.54, 1.807) is 0 Å². The van der Waals surface area contributed by atoms with Gasteiger partial charge >= 0.3 is 0 Å². The molecular formula is C50H84N4O35. The first-order valence-corrected chi connectivity index (χ1v) is 28.4. The maximum absolute atomic E-state index is 12.9. The van der Waals surface area contributed by atoms with Crippen LogP contribution < -0.4 is 21.3 Å². The predicted molar refractivity (Wildman–Crippen MR) is 277 cm³/mol. The Kier molecular flexibility index (Phi) is 26.0. The molecule has 7 rings (SSSR count). The molecule has 89 heavy (non-hydrogen) atoms. The highest BCUT2D eigenvalue weighted by Gasteiger charge is 2.59. The van der Waals surface area contributed by atoms with E-state index in [9.17, 15) is 111 Å². The molecule has 4 amide bonds. The summed E-state index contributed by atoms with van der Waals surface area (Å²) < 4.78 is 76.2. The van der Waals surface area contributed by atoms with Crippen LogP contribution in [-0.4, -0.2) is 370 Å². The molecule has 7 saturated heterocycles. The van der Waals surface area contributed by atoms with Crippen molar-refractivity contribution in [3.63, 3.8) is 0 Å². The predicted octanol–water partition coefficient (Wildman–Crippen LogP) is -14.7. The summed E-state index contributed by atoms with van der Waals surface area (Å²) in [4.78, 5) is 49.6. The molecule has 0 aliphatic carbocycles. The Labute approximate surface area is 505 Å². The fourth-order valence-electron chi connectivity index (χ4n) is 11.3. The molecule has 39 nitrogen and oxygen atoms in total. The molecule has 0 spiro atoms. The molecule has 0 bridgehead atoms. The van der Waals surface area contributed by atoms with Crippen LogP contribution in [0.3, 0.4) is 0 Å². The summed E-state index contributed by atoms with van der Waals surface area (Å²) in [6.45, 7) is -0.285. The second kappa shape index (κ2) is 31.7. The van der Waals surface area contributed by atoms with Gasteiger partial charge in [-0.05, 0) is 6.92 Å². The van der Waals surface area contributed by atoms with E-state index in [0.29, 0.717) is 0 Å². The lowest BCUT2D eigenvalue weighted by atomic mass is 9.93. The van der Waals surface area contributed by atoms with Gasteiger partial charge in [0.05, 0.1) is 45.7 Å². The zero-order valence-electron chi connectivity index (χ0n) is 48.4. The third kappa shape index (κ3) is 16.6. The lowest BCUT2D eigenvalue weighted by molar-refractivity contribution is -0.394. The van der Waals surface area contributed by atoms with E-state index in [1.165, 1.54) is 6.92 Å². The van der Waals surface area contributed by atoms with Gasteiger partial charge in [-0.1, -0.05) is 0 Å². The number of nitrogens with one attached hydrogen (secondary N) is 4. The molecule has 7 aliphatic rings. The molecular weight excluding hydrogens is 1220 g/mol. The standard InChI is InChI=1S/C50H84N4O35/c1-12-27(63)36(72)38(74)48(79-12)78-11-22-41(34(70)23(44(76)80-22)51-13(2)59)86-47-26(54-16(5)62)35(71)40(20(9-58)84-47)87-49-39(75)42(31(67)19(8-57)83-49)88-50-43(89-46-25(53-15(4)61)33(69)29(65)18(7-56)82-46)37(73)30(66)21(85-50)10-77-45-24(52-14(3)60)32(68)28(64)17(6-55)81-45/h12,17-50,55-58,63-76H,6-11H2,1-5H3,(H,51,59)(H,52,60)(H,53,61)(H,54,62)/t12-,17+,18+,19+,20+,21+,22+,23+,24+,25+,26+,27+,28+,29+,30+,31+,32+,33+,34+,35+,36+,37-,38-,39-,40+,41+,42-,43-,44?,45+,46-,47-,48+,49-,50+/m0/s1. The Hall–Kier alpha value is -3.36. The van der Waals surface area contributed by atoms with Gasteiger partial charge in [0.15, 0.2) is 44.0 Å². The van der Waals surface area contributed by atoms with E-state index in [4.69, 9.17) is 61.6 Å². The molecule has 39 heteroatoms. The first-order valence-electron chi connectivity index (χ1n) is 28.4. The zero-order valence-corrected chi connectivity index (χ0v) is 48.4. The van der Waals surface area contributed by atoms with E-state index in [1.807, 2.05) is 0 Å². The molecule has 0 aromatic rings. The summed E-state index contributed by atoms with van der Waals surface area (Å²) in [7, 11) is 0. The van der Waals surface area contributed by atoms with Crippen molar-refractivity contribution < 1.29 is 173 Å². The monoisotopic (exact) mass is 1300 g/mol. The maximum Gasteiger partial charge on any atom is 0.217 e. The van der Waals surface area contributed by atoms with E-state index in [2.05, 4.69) is 21.3 Å². The smallest absolute Gasteiger partial charge is 0.217 e. The van der Waals surface area contributed by atoms with Crippen LogP contribution >= 0.6 is 0 Å². The van der Waals surface area contributed by atoms with Gasteiger partial charge in [-0.25, -0.2) is 0 Å². The van der Waals surface area contributed by atoms with E-state index in [0.717, 1.165) is 27.7 Å². The van der Waals surface area contributed by atoms with E-state index in [-0.39, 0.29) is 0 Å². The Morgan fingerprint density at radius 1 is 0.315 bits per heavy atom. The normalized spacial score (nSPS) is 48.0. The van der Waals surface area contributed by atoms with Gasteiger partial charge in [0, 0.05) is 27.7 Å². The molecule has 0 aromatic carbocycles. The lowest BCUT2D eigenvalue weighted by Gasteiger charge is -2.51. The van der Waals surface area contributed by atoms with Gasteiger partial charge in [0.2, 0.25) is 23.6 Å². The molecule has 7 heterocycles. The van der Waals surface area contributed by atoms with Crippen molar-refractivity contribution in [2.45, 2.75) is 249 Å². The van der Waals surface area contributed by atoms with Crippen LogP contribution in [0.15, 0.2) is 0 Å². The number of amides is 4. The quantitative estimate of drug-likeness (QED) is 0.0479. The molecule has 7 fully saturated rings. The summed E-state index contributed by atoms with van der Waals surface area (Å²) in [5, 5.41) is 207. The summed E-state index contributed by atoms with van der Waals surface area (Å²) in [6, 6.07) is -6.77. The topological polar surface area (TPSA) is 601 Å². The zero-order chi connectivity index (χ0) is 65.8. The van der Waals surface area contributed by atoms with Gasteiger partial charge in [-0.2, -0.15) is 0 Å². The number of hydrogen-bond donors (Lipinski definition) is 22. The first kappa shape index (κ1) is 73.1. The van der Waals surface area contributed by atoms with E-state index < -0.39 is 278 Å². The highest BCUT2D eigenvalue weighted by molar-refractivity contribution is 5.74. The third-order valence-corrected chi connectivity index (χ3v) is 16.1. The second-order valence-corrected chi connectivity index (χ2v) is 22.6. The van der Waals surface area contributed by atoms with Crippen LogP contribution in [0.2, 0.25) is 0 Å². The molecule has 22 N–H and O–H groups in total. The summed E-state index contributed by atoms with van der Waals surface area (Å²) >= 11 is 0. The van der Waals surface area contributed by atoms with Crippen LogP contribution in [0.4, 0.5) is 0 Å². The lowest BCUT2D eigenvalue weighted by Crippen LogP contribution is -2.70. The Morgan fingerprint density at radius 3 is 1.24 bits per heavy atom. The van der Waals surface area contributed by atoms with Crippen molar-refractivity contribution in [2.75, 3.05) is 39.6 Å². The minimum atomic E-state index is -2.37. The second-order valence-electron chi connectivity index (χ2n) is 22.6. The number of carbonyl (C=O) groups is 4. The fourth-order valence-corrected chi connectivity index (χ4v) is 11.3. The molecule has 1 unspecified atom stereocenters. The van der Waals surface area contributed by atoms with Crippen molar-refractivity contribution in [3.05, 3.63) is 0 Å². The summed E-state index contributed by atoms with van der Waals surface area (Å²) in [5.74, 6) is -3.23. The van der Waals surface area contributed by atoms with Gasteiger partial charge in [-0.15, -0.1) is 0 Å². The van der Waals surface area contributed by atoms with Crippen molar-refractivity contribution in [2.24, 2.45) is 0 Å². The van der Waals surface area contributed by atoms with Crippen LogP contribution in [-0.2, 0) is 80.8 Å². The molecule has 514 valence electrons. The Balaban J connectivity index is 1.17. The number of ether oxygens (including phenoxy) is 13. The largest absolute Gasteiger partial charge is 0.394 e. The van der Waals surface area contributed by atoms with Gasteiger partial charge in [-0.3, -0.25) is 19.2 Å². The minimum absolute atomic E-state index is 0.749. The minimum Gasteiger partial charge on any atom is -0.394 e. The average Bonchev–Trinajstić information content (AvgIpc) is 2.02. The van der Waals surface area contributed by atoms with Crippen molar-refractivity contribution in [1.29, 1.82) is 0 Å². The number of hydrogen-bond acceptors (Lipinski definition) is 35. The van der Waals surface area contributed by atoms with Gasteiger partial charge in [0.25, 0.3) is 0 Å². The highest BCUT2D eigenvalue weighted by atomic mass is 16.8. The van der Waals surface area contributed by atoms with Crippen molar-refractivity contribution >= 4 is 23.6 Å². The number of aliphatic hydroxyl groups is 18. The SMILES string of the molecule is CC(=O)N[C@H]1[C@H](O[C@H]2[C@H](O)[C@@H](NC(C)=O)C(O)O[C@@H]2CO[C@@H]2O[C@@H](C)[C@@H](O)[C@@H](O)[C@@H]2O)O[C@H](CO)[C@@H](O[C@@H]2O[C@H](CO)[C@@H](O)[C@H](O[C@H]3O[C@H](CO[C@@H]4O[C@H](CO)[C@@H](O)[C@H](O)[C@H]4NC(C)=O)[C@@H](O)[C@H](O)[C@@H]3O[C@@H]3O[C@H](CO)[C@@H](O)[C@H](O)[C@H]3NC(C)=O)[C@@H]2O)[C@@H]1O. The molecule has 0 saturated carbocycles. The third-order valence-electron chi connectivity index (χ3n) is 16.1. The molecule has 7 aliphatic heterocycles. The van der Waals surface area contributed by atoms with Crippen LogP contribution in [0.5, 0.6) is 0 Å². The Bertz CT molecular complexity index is 2290. The average molecular weight is 1300 g/mol. The fraction of sp³-hybridized carbons (Fsp3) is 0.920. The first-order chi connectivity index (χ1) is 42.0. The van der Waals surface area contributed by atoms with Gasteiger partial charge < -0.3 is 175 Å². The van der Waals surface area contributed by atoms with Crippen LogP contribution in [0, 0.1) is 0 Å². The molecule has 0 radical (unpaired) electrons.